The maximum atomic E-state index is 12.8. The highest BCUT2D eigenvalue weighted by atomic mass is 32.2. The Hall–Kier alpha value is -1.71. The molecular weight excluding hydrogens is 384 g/mol. The summed E-state index contributed by atoms with van der Waals surface area (Å²) in [5, 5.41) is 8.98. The minimum atomic E-state index is -3.59. The van der Waals surface area contributed by atoms with Gasteiger partial charge < -0.3 is 5.32 Å². The smallest absolute Gasteiger partial charge is 0.262 e. The molecule has 2 aromatic heterocycles. The van der Waals surface area contributed by atoms with Gasteiger partial charge in [0.15, 0.2) is 0 Å². The zero-order valence-electron chi connectivity index (χ0n) is 15.9. The Kier molecular flexibility index (Phi) is 6.02. The van der Waals surface area contributed by atoms with Crippen molar-refractivity contribution in [1.29, 1.82) is 0 Å². The molecule has 0 bridgehead atoms. The lowest BCUT2D eigenvalue weighted by Crippen LogP contribution is -2.32. The fraction of sp³-hybridized carbons (Fsp3) is 0.556. The fourth-order valence-electron chi connectivity index (χ4n) is 3.30. The Morgan fingerprint density at radius 3 is 2.67 bits per heavy atom. The van der Waals surface area contributed by atoms with Crippen LogP contribution >= 0.6 is 11.3 Å². The number of carbonyl (C=O) groups excluding carboxylic acids is 1. The quantitative estimate of drug-likeness (QED) is 0.760. The van der Waals surface area contributed by atoms with E-state index < -0.39 is 10.0 Å². The van der Waals surface area contributed by atoms with Crippen molar-refractivity contribution in [2.45, 2.75) is 45.1 Å². The van der Waals surface area contributed by atoms with E-state index in [1.54, 1.807) is 5.38 Å². The van der Waals surface area contributed by atoms with Crippen molar-refractivity contribution in [3.8, 4) is 0 Å². The first kappa shape index (κ1) is 20.0. The predicted molar refractivity (Wildman–Crippen MR) is 106 cm³/mol. The van der Waals surface area contributed by atoms with Crippen molar-refractivity contribution in [3.63, 3.8) is 0 Å². The van der Waals surface area contributed by atoms with E-state index in [0.29, 0.717) is 26.2 Å². The third-order valence-electron chi connectivity index (χ3n) is 4.72. The van der Waals surface area contributed by atoms with Gasteiger partial charge in [-0.1, -0.05) is 6.92 Å². The van der Waals surface area contributed by atoms with Crippen LogP contribution in [-0.4, -0.2) is 48.0 Å². The first-order valence-corrected chi connectivity index (χ1v) is 11.5. The van der Waals surface area contributed by atoms with Crippen molar-refractivity contribution >= 4 is 27.3 Å². The lowest BCUT2D eigenvalue weighted by Gasteiger charge is -2.16. The zero-order chi connectivity index (χ0) is 19.6. The summed E-state index contributed by atoms with van der Waals surface area (Å²) >= 11 is 1.17. The molecule has 7 nitrogen and oxygen atoms in total. The van der Waals surface area contributed by atoms with E-state index in [9.17, 15) is 13.2 Å². The standard InChI is InChI=1S/C18H26N4O3S2/c1-13(12-22-15(3)10-14(2)20-22)11-19-18(23)17-16(6-9-26-17)27(24,25)21-7-4-5-8-21/h6,9-10,13H,4-5,7-8,11-12H2,1-3H3,(H,19,23)/t13-/m1/s1. The van der Waals surface area contributed by atoms with Crippen LogP contribution in [0, 0.1) is 19.8 Å². The average molecular weight is 411 g/mol. The van der Waals surface area contributed by atoms with E-state index in [2.05, 4.69) is 10.4 Å². The summed E-state index contributed by atoms with van der Waals surface area (Å²) in [4.78, 5) is 13.0. The molecule has 1 N–H and O–H groups in total. The van der Waals surface area contributed by atoms with Crippen LogP contribution in [0.2, 0.25) is 0 Å². The molecule has 0 spiro atoms. The van der Waals surface area contributed by atoms with Gasteiger partial charge in [-0.3, -0.25) is 9.48 Å². The van der Waals surface area contributed by atoms with Crippen LogP contribution < -0.4 is 5.32 Å². The van der Waals surface area contributed by atoms with Gasteiger partial charge in [-0.15, -0.1) is 11.3 Å². The summed E-state index contributed by atoms with van der Waals surface area (Å²) in [6.45, 7) is 8.20. The molecule has 0 unspecified atom stereocenters. The van der Waals surface area contributed by atoms with Crippen molar-refractivity contribution in [2.24, 2.45) is 5.92 Å². The van der Waals surface area contributed by atoms with Gasteiger partial charge in [0.2, 0.25) is 10.0 Å². The lowest BCUT2D eigenvalue weighted by molar-refractivity contribution is 0.0947. The van der Waals surface area contributed by atoms with E-state index in [0.717, 1.165) is 24.2 Å². The number of carbonyl (C=O) groups is 1. The van der Waals surface area contributed by atoms with E-state index in [-0.39, 0.29) is 21.6 Å². The maximum absolute atomic E-state index is 12.8. The van der Waals surface area contributed by atoms with Gasteiger partial charge in [-0.05, 0) is 50.1 Å². The Morgan fingerprint density at radius 1 is 1.33 bits per heavy atom. The molecule has 27 heavy (non-hydrogen) atoms. The van der Waals surface area contributed by atoms with Gasteiger partial charge in [0, 0.05) is 31.9 Å². The van der Waals surface area contributed by atoms with Crippen LogP contribution in [0.25, 0.3) is 0 Å². The van der Waals surface area contributed by atoms with Gasteiger partial charge in [-0.25, -0.2) is 8.42 Å². The van der Waals surface area contributed by atoms with Crippen LogP contribution in [0.5, 0.6) is 0 Å². The highest BCUT2D eigenvalue weighted by Crippen LogP contribution is 2.27. The Morgan fingerprint density at radius 2 is 2.04 bits per heavy atom. The fourth-order valence-corrected chi connectivity index (χ4v) is 6.13. The molecule has 1 atom stereocenters. The van der Waals surface area contributed by atoms with E-state index in [4.69, 9.17) is 0 Å². The first-order valence-electron chi connectivity index (χ1n) is 9.16. The largest absolute Gasteiger partial charge is 0.351 e. The molecule has 148 valence electrons. The number of thiophene rings is 1. The van der Waals surface area contributed by atoms with Gasteiger partial charge >= 0.3 is 0 Å². The van der Waals surface area contributed by atoms with Crippen LogP contribution in [0.1, 0.15) is 40.8 Å². The third-order valence-corrected chi connectivity index (χ3v) is 7.70. The lowest BCUT2D eigenvalue weighted by atomic mass is 10.2. The highest BCUT2D eigenvalue weighted by molar-refractivity contribution is 7.89. The Balaban J connectivity index is 1.63. The van der Waals surface area contributed by atoms with Crippen molar-refractivity contribution < 1.29 is 13.2 Å². The number of rotatable bonds is 7. The van der Waals surface area contributed by atoms with Crippen LogP contribution in [0.15, 0.2) is 22.4 Å². The summed E-state index contributed by atoms with van der Waals surface area (Å²) in [6.07, 6.45) is 1.74. The number of hydrogen-bond donors (Lipinski definition) is 1. The molecule has 9 heteroatoms. The minimum Gasteiger partial charge on any atom is -0.351 e. The molecule has 3 heterocycles. The average Bonchev–Trinajstić information content (AvgIpc) is 3.34. The summed E-state index contributed by atoms with van der Waals surface area (Å²) < 4.78 is 29.0. The second kappa shape index (κ2) is 8.12. The molecule has 1 fully saturated rings. The van der Waals surface area contributed by atoms with Gasteiger partial charge in [-0.2, -0.15) is 9.40 Å². The number of aryl methyl sites for hydroxylation is 2. The second-order valence-corrected chi connectivity index (χ2v) is 9.97. The van der Waals surface area contributed by atoms with E-state index in [1.807, 2.05) is 31.5 Å². The molecule has 0 radical (unpaired) electrons. The van der Waals surface area contributed by atoms with Crippen LogP contribution in [0.3, 0.4) is 0 Å². The van der Waals surface area contributed by atoms with Gasteiger partial charge in [0.25, 0.3) is 5.91 Å². The molecule has 0 saturated carbocycles. The summed E-state index contributed by atoms with van der Waals surface area (Å²) in [7, 11) is -3.59. The number of sulfonamides is 1. The highest BCUT2D eigenvalue weighted by Gasteiger charge is 2.31. The Bertz CT molecular complexity index is 911. The Labute approximate surface area is 164 Å². The first-order chi connectivity index (χ1) is 12.8. The molecule has 0 aromatic carbocycles. The SMILES string of the molecule is Cc1cc(C)n(C[C@H](C)CNC(=O)c2sccc2S(=O)(=O)N2CCCC2)n1. The van der Waals surface area contributed by atoms with Gasteiger partial charge in [0.1, 0.15) is 9.77 Å². The molecule has 1 aliphatic heterocycles. The second-order valence-electron chi connectivity index (χ2n) is 7.15. The molecule has 1 saturated heterocycles. The number of aromatic nitrogens is 2. The zero-order valence-corrected chi connectivity index (χ0v) is 17.6. The molecule has 0 aliphatic carbocycles. The van der Waals surface area contributed by atoms with Crippen molar-refractivity contribution in [2.75, 3.05) is 19.6 Å². The predicted octanol–water partition coefficient (Wildman–Crippen LogP) is 2.41. The maximum Gasteiger partial charge on any atom is 0.262 e. The summed E-state index contributed by atoms with van der Waals surface area (Å²) in [5.41, 5.74) is 2.06. The third kappa shape index (κ3) is 4.41. The normalized spacial score (nSPS) is 16.6. The minimum absolute atomic E-state index is 0.123. The molecule has 3 rings (SSSR count). The number of amides is 1. The summed E-state index contributed by atoms with van der Waals surface area (Å²) in [6, 6.07) is 3.55. The number of nitrogens with zero attached hydrogens (tertiary/aromatic N) is 3. The molecule has 1 aliphatic rings. The molecular formula is C18H26N4O3S2. The van der Waals surface area contributed by atoms with Gasteiger partial charge in [0.05, 0.1) is 5.69 Å². The molecule has 2 aromatic rings. The summed E-state index contributed by atoms with van der Waals surface area (Å²) in [5.74, 6) is -0.159. The van der Waals surface area contributed by atoms with Crippen LogP contribution in [0.4, 0.5) is 0 Å². The number of nitrogens with one attached hydrogen (secondary N) is 1. The van der Waals surface area contributed by atoms with Crippen molar-refractivity contribution in [1.82, 2.24) is 19.4 Å². The monoisotopic (exact) mass is 410 g/mol. The van der Waals surface area contributed by atoms with Crippen LogP contribution in [-0.2, 0) is 16.6 Å². The molecule has 1 amide bonds. The number of hydrogen-bond acceptors (Lipinski definition) is 5. The van der Waals surface area contributed by atoms with E-state index >= 15 is 0 Å². The topological polar surface area (TPSA) is 84.3 Å². The van der Waals surface area contributed by atoms with E-state index in [1.165, 1.54) is 21.7 Å². The van der Waals surface area contributed by atoms with Crippen molar-refractivity contribution in [3.05, 3.63) is 33.8 Å².